The molecule has 0 aromatic carbocycles. The molecule has 0 aliphatic heterocycles. The molecule has 0 fully saturated rings. The van der Waals surface area contributed by atoms with Crippen LogP contribution in [0.2, 0.25) is 0 Å². The summed E-state index contributed by atoms with van der Waals surface area (Å²) in [7, 11) is 0. The van der Waals surface area contributed by atoms with E-state index in [-0.39, 0.29) is 5.95 Å². The molecule has 2 rings (SSSR count). The number of anilines is 1. The lowest BCUT2D eigenvalue weighted by atomic mass is 10.5. The Morgan fingerprint density at radius 2 is 2.54 bits per heavy atom. The maximum absolute atomic E-state index is 5.36. The zero-order valence-corrected chi connectivity index (χ0v) is 6.53. The first kappa shape index (κ1) is 7.47. The highest BCUT2D eigenvalue weighted by molar-refractivity contribution is 5.75. The van der Waals surface area contributed by atoms with Crippen molar-refractivity contribution in [3.8, 4) is 0 Å². The van der Waals surface area contributed by atoms with Crippen LogP contribution in [0.3, 0.4) is 0 Å². The summed E-state index contributed by atoms with van der Waals surface area (Å²) in [4.78, 5) is 1.10. The molecule has 0 saturated heterocycles. The predicted octanol–water partition coefficient (Wildman–Crippen LogP) is -0.270. The maximum atomic E-state index is 5.36. The fraction of sp³-hybridized carbons (Fsp3) is 0. The van der Waals surface area contributed by atoms with Gasteiger partial charge in [-0.05, 0) is 22.6 Å². The van der Waals surface area contributed by atoms with Gasteiger partial charge in [-0.3, -0.25) is 0 Å². The van der Waals surface area contributed by atoms with E-state index < -0.39 is 0 Å². The minimum atomic E-state index is 0.128. The van der Waals surface area contributed by atoms with Crippen molar-refractivity contribution < 1.29 is 4.42 Å². The molecule has 0 aliphatic carbocycles. The third kappa shape index (κ3) is 1.53. The number of furan rings is 1. The largest absolute Gasteiger partial charge is 0.463 e. The van der Waals surface area contributed by atoms with Crippen LogP contribution in [0.4, 0.5) is 5.95 Å². The third-order valence-electron chi connectivity index (χ3n) is 1.31. The zero-order chi connectivity index (χ0) is 9.10. The van der Waals surface area contributed by atoms with Crippen molar-refractivity contribution in [1.82, 2.24) is 20.3 Å². The van der Waals surface area contributed by atoms with Crippen LogP contribution in [-0.4, -0.2) is 26.5 Å². The van der Waals surface area contributed by atoms with Gasteiger partial charge in [0, 0.05) is 0 Å². The third-order valence-corrected chi connectivity index (χ3v) is 1.31. The van der Waals surface area contributed by atoms with E-state index in [1.54, 1.807) is 18.4 Å². The molecule has 0 unspecified atom stereocenters. The van der Waals surface area contributed by atoms with Gasteiger partial charge in [-0.15, -0.1) is 0 Å². The summed E-state index contributed by atoms with van der Waals surface area (Å²) < 4.78 is 5.00. The second-order valence-corrected chi connectivity index (χ2v) is 2.19. The number of hydrogen-bond donors (Lipinski definition) is 1. The smallest absolute Gasteiger partial charge is 0.263 e. The Labute approximate surface area is 72.8 Å². The van der Waals surface area contributed by atoms with Gasteiger partial charge in [0.1, 0.15) is 5.76 Å². The van der Waals surface area contributed by atoms with Crippen LogP contribution in [0.5, 0.6) is 0 Å². The number of nitrogen functional groups attached to an aromatic ring is 1. The molecule has 2 aromatic heterocycles. The van der Waals surface area contributed by atoms with E-state index in [0.717, 1.165) is 4.79 Å². The van der Waals surface area contributed by atoms with Crippen molar-refractivity contribution in [3.63, 3.8) is 0 Å². The zero-order valence-electron chi connectivity index (χ0n) is 6.53. The average molecular weight is 178 g/mol. The van der Waals surface area contributed by atoms with E-state index in [1.165, 1.54) is 6.21 Å². The van der Waals surface area contributed by atoms with E-state index >= 15 is 0 Å². The van der Waals surface area contributed by atoms with Gasteiger partial charge in [0.25, 0.3) is 5.95 Å². The standard InChI is InChI=1S/C6H6N6O/c7-6-9-10-11-12(6)8-4-5-2-1-3-13-5/h1-4H,(H2,7,9,11). The van der Waals surface area contributed by atoms with Crippen molar-refractivity contribution in [2.75, 3.05) is 5.73 Å². The summed E-state index contributed by atoms with van der Waals surface area (Å²) in [6.45, 7) is 0. The lowest BCUT2D eigenvalue weighted by molar-refractivity contribution is 0.558. The monoisotopic (exact) mass is 178 g/mol. The van der Waals surface area contributed by atoms with Gasteiger partial charge in [0.2, 0.25) is 0 Å². The van der Waals surface area contributed by atoms with Gasteiger partial charge in [-0.1, -0.05) is 9.89 Å². The number of aromatic nitrogens is 4. The summed E-state index contributed by atoms with van der Waals surface area (Å²) in [5.41, 5.74) is 5.36. The molecule has 0 spiro atoms. The second-order valence-electron chi connectivity index (χ2n) is 2.19. The first-order valence-electron chi connectivity index (χ1n) is 3.48. The Balaban J connectivity index is 2.19. The molecule has 0 amide bonds. The predicted molar refractivity (Wildman–Crippen MR) is 43.9 cm³/mol. The summed E-state index contributed by atoms with van der Waals surface area (Å²) in [5.74, 6) is 0.734. The van der Waals surface area contributed by atoms with Gasteiger partial charge in [0.05, 0.1) is 12.5 Å². The number of rotatable bonds is 2. The van der Waals surface area contributed by atoms with Gasteiger partial charge < -0.3 is 10.2 Å². The van der Waals surface area contributed by atoms with Gasteiger partial charge in [-0.2, -0.15) is 5.10 Å². The van der Waals surface area contributed by atoms with Crippen molar-refractivity contribution in [2.24, 2.45) is 5.10 Å². The van der Waals surface area contributed by atoms with Gasteiger partial charge >= 0.3 is 0 Å². The summed E-state index contributed by atoms with van der Waals surface area (Å²) in [6.07, 6.45) is 3.01. The molecule has 7 heteroatoms. The van der Waals surface area contributed by atoms with Crippen LogP contribution in [-0.2, 0) is 0 Å². The number of hydrogen-bond acceptors (Lipinski definition) is 6. The lowest BCUT2D eigenvalue weighted by Gasteiger charge is -1.88. The van der Waals surface area contributed by atoms with Gasteiger partial charge in [-0.25, -0.2) is 0 Å². The average Bonchev–Trinajstić information content (AvgIpc) is 2.72. The van der Waals surface area contributed by atoms with Crippen molar-refractivity contribution in [1.29, 1.82) is 0 Å². The van der Waals surface area contributed by atoms with Crippen LogP contribution < -0.4 is 5.73 Å². The van der Waals surface area contributed by atoms with E-state index in [9.17, 15) is 0 Å². The fourth-order valence-corrected chi connectivity index (χ4v) is 0.748. The van der Waals surface area contributed by atoms with Crippen LogP contribution in [0.1, 0.15) is 5.76 Å². The SMILES string of the molecule is Nc1nnnn1N=Cc1ccco1. The van der Waals surface area contributed by atoms with Crippen LogP contribution in [0.25, 0.3) is 0 Å². The normalized spacial score (nSPS) is 11.1. The molecule has 13 heavy (non-hydrogen) atoms. The van der Waals surface area contributed by atoms with Crippen molar-refractivity contribution in [2.45, 2.75) is 0 Å². The molecule has 2 aromatic rings. The Bertz CT molecular complexity index is 402. The highest BCUT2D eigenvalue weighted by Crippen LogP contribution is 1.96. The highest BCUT2D eigenvalue weighted by atomic mass is 16.3. The molecule has 2 N–H and O–H groups in total. The maximum Gasteiger partial charge on any atom is 0.263 e. The van der Waals surface area contributed by atoms with E-state index in [2.05, 4.69) is 20.6 Å². The van der Waals surface area contributed by atoms with Crippen LogP contribution in [0.15, 0.2) is 27.9 Å². The summed E-state index contributed by atoms with van der Waals surface area (Å²) in [6, 6.07) is 3.51. The van der Waals surface area contributed by atoms with E-state index in [0.29, 0.717) is 5.76 Å². The van der Waals surface area contributed by atoms with Crippen LogP contribution >= 0.6 is 0 Å². The van der Waals surface area contributed by atoms with E-state index in [4.69, 9.17) is 10.2 Å². The molecular formula is C6H6N6O. The highest BCUT2D eigenvalue weighted by Gasteiger charge is 1.96. The topological polar surface area (TPSA) is 95.1 Å². The number of nitrogens with two attached hydrogens (primary N) is 1. The fourth-order valence-electron chi connectivity index (χ4n) is 0.748. The molecule has 0 aliphatic rings. The number of nitrogens with zero attached hydrogens (tertiary/aromatic N) is 5. The second kappa shape index (κ2) is 3.05. The number of tetrazole rings is 1. The molecular weight excluding hydrogens is 172 g/mol. The van der Waals surface area contributed by atoms with Crippen molar-refractivity contribution >= 4 is 12.2 Å². The van der Waals surface area contributed by atoms with Gasteiger partial charge in [0.15, 0.2) is 0 Å². The van der Waals surface area contributed by atoms with Crippen LogP contribution in [0, 0.1) is 0 Å². The minimum absolute atomic E-state index is 0.128. The quantitative estimate of drug-likeness (QED) is 0.638. The minimum Gasteiger partial charge on any atom is -0.463 e. The Kier molecular flexibility index (Phi) is 1.75. The first-order chi connectivity index (χ1) is 6.36. The lowest BCUT2D eigenvalue weighted by Crippen LogP contribution is -1.99. The summed E-state index contributed by atoms with van der Waals surface area (Å²) in [5, 5.41) is 14.1. The molecule has 0 bridgehead atoms. The first-order valence-corrected chi connectivity index (χ1v) is 3.48. The Morgan fingerprint density at radius 3 is 3.15 bits per heavy atom. The molecule has 0 atom stereocenters. The molecule has 66 valence electrons. The Morgan fingerprint density at radius 1 is 1.62 bits per heavy atom. The molecule has 0 radical (unpaired) electrons. The molecule has 2 heterocycles. The summed E-state index contributed by atoms with van der Waals surface area (Å²) >= 11 is 0. The Hall–Kier alpha value is -2.18. The molecule has 0 saturated carbocycles. The molecule has 7 nitrogen and oxygen atoms in total. The van der Waals surface area contributed by atoms with E-state index in [1.807, 2.05) is 0 Å². The van der Waals surface area contributed by atoms with Crippen molar-refractivity contribution in [3.05, 3.63) is 24.2 Å².